The molecule has 0 bridgehead atoms. The van der Waals surface area contributed by atoms with Crippen LogP contribution in [0.15, 0.2) is 36.4 Å². The van der Waals surface area contributed by atoms with E-state index in [0.717, 1.165) is 6.07 Å². The number of hydrogen-bond acceptors (Lipinski definition) is 2. The van der Waals surface area contributed by atoms with E-state index in [1.807, 2.05) is 13.8 Å². The van der Waals surface area contributed by atoms with Crippen molar-refractivity contribution >= 4 is 40.7 Å². The highest BCUT2D eigenvalue weighted by atomic mass is 35.5. The fourth-order valence-corrected chi connectivity index (χ4v) is 2.41. The summed E-state index contributed by atoms with van der Waals surface area (Å²) in [6.45, 7) is 3.73. The van der Waals surface area contributed by atoms with Crippen molar-refractivity contribution in [3.63, 3.8) is 0 Å². The summed E-state index contributed by atoms with van der Waals surface area (Å²) in [5.74, 6) is -1.51. The van der Waals surface area contributed by atoms with Gasteiger partial charge in [-0.2, -0.15) is 0 Å². The number of carbonyl (C=O) groups excluding carboxylic acids is 2. The lowest BCUT2D eigenvalue weighted by Gasteiger charge is -2.10. The Morgan fingerprint density at radius 3 is 2.21 bits per heavy atom. The highest BCUT2D eigenvalue weighted by Crippen LogP contribution is 2.25. The molecule has 0 fully saturated rings. The molecule has 0 aliphatic heterocycles. The summed E-state index contributed by atoms with van der Waals surface area (Å²) in [6.07, 6.45) is 0. The standard InChI is InChI=1S/C17H15Cl2FN2O2/c1-9(2)21-16(23)10-3-5-11(6-4-10)22-17(24)12-7-15(20)14(19)8-13(12)18/h3-9H,1-2H3,(H,21,23)(H,22,24). The van der Waals surface area contributed by atoms with Crippen LogP contribution in [0, 0.1) is 5.82 Å². The highest BCUT2D eigenvalue weighted by molar-refractivity contribution is 6.37. The lowest BCUT2D eigenvalue weighted by Crippen LogP contribution is -2.30. The normalized spacial score (nSPS) is 10.6. The van der Waals surface area contributed by atoms with Gasteiger partial charge < -0.3 is 10.6 Å². The van der Waals surface area contributed by atoms with E-state index in [9.17, 15) is 14.0 Å². The Kier molecular flexibility index (Phi) is 5.80. The van der Waals surface area contributed by atoms with Crippen LogP contribution >= 0.6 is 23.2 Å². The molecule has 0 unspecified atom stereocenters. The van der Waals surface area contributed by atoms with E-state index in [1.54, 1.807) is 24.3 Å². The van der Waals surface area contributed by atoms with E-state index in [2.05, 4.69) is 10.6 Å². The fourth-order valence-electron chi connectivity index (χ4n) is 1.95. The van der Waals surface area contributed by atoms with Gasteiger partial charge in [-0.1, -0.05) is 23.2 Å². The third kappa shape index (κ3) is 4.46. The zero-order valence-corrected chi connectivity index (χ0v) is 14.5. The van der Waals surface area contributed by atoms with Gasteiger partial charge in [0, 0.05) is 17.3 Å². The molecule has 2 amide bonds. The number of halogens is 3. The van der Waals surface area contributed by atoms with Gasteiger partial charge in [0.25, 0.3) is 11.8 Å². The molecule has 0 aliphatic carbocycles. The van der Waals surface area contributed by atoms with Gasteiger partial charge in [-0.3, -0.25) is 9.59 Å². The van der Waals surface area contributed by atoms with Crippen molar-refractivity contribution in [2.24, 2.45) is 0 Å². The summed E-state index contributed by atoms with van der Waals surface area (Å²) in [6, 6.07) is 8.49. The van der Waals surface area contributed by atoms with Gasteiger partial charge in [0.05, 0.1) is 15.6 Å². The van der Waals surface area contributed by atoms with Gasteiger partial charge in [0.2, 0.25) is 0 Å². The maximum absolute atomic E-state index is 13.5. The number of anilines is 1. The lowest BCUT2D eigenvalue weighted by atomic mass is 10.1. The van der Waals surface area contributed by atoms with E-state index in [4.69, 9.17) is 23.2 Å². The number of nitrogens with one attached hydrogen (secondary N) is 2. The van der Waals surface area contributed by atoms with Gasteiger partial charge in [-0.05, 0) is 50.2 Å². The molecule has 0 aromatic heterocycles. The number of benzene rings is 2. The molecule has 0 radical (unpaired) electrons. The van der Waals surface area contributed by atoms with Crippen molar-refractivity contribution in [1.29, 1.82) is 0 Å². The third-order valence-electron chi connectivity index (χ3n) is 3.08. The fraction of sp³-hybridized carbons (Fsp3) is 0.176. The first-order chi connectivity index (χ1) is 11.3. The van der Waals surface area contributed by atoms with Gasteiger partial charge >= 0.3 is 0 Å². The first-order valence-corrected chi connectivity index (χ1v) is 7.90. The van der Waals surface area contributed by atoms with Crippen LogP contribution in [0.5, 0.6) is 0 Å². The summed E-state index contributed by atoms with van der Waals surface area (Å²) in [7, 11) is 0. The minimum Gasteiger partial charge on any atom is -0.350 e. The van der Waals surface area contributed by atoms with Crippen LogP contribution in [0.25, 0.3) is 0 Å². The average Bonchev–Trinajstić information content (AvgIpc) is 2.50. The Labute approximate surface area is 149 Å². The molecule has 0 heterocycles. The maximum Gasteiger partial charge on any atom is 0.257 e. The molecule has 0 saturated carbocycles. The largest absolute Gasteiger partial charge is 0.350 e. The highest BCUT2D eigenvalue weighted by Gasteiger charge is 2.15. The van der Waals surface area contributed by atoms with E-state index in [1.165, 1.54) is 6.07 Å². The van der Waals surface area contributed by atoms with E-state index >= 15 is 0 Å². The van der Waals surface area contributed by atoms with E-state index in [-0.39, 0.29) is 27.6 Å². The Hall–Kier alpha value is -2.11. The summed E-state index contributed by atoms with van der Waals surface area (Å²) in [4.78, 5) is 24.0. The number of rotatable bonds is 4. The molecule has 0 saturated heterocycles. The molecule has 0 aliphatic rings. The minimum atomic E-state index is -0.730. The van der Waals surface area contributed by atoms with Crippen LogP contribution in [-0.4, -0.2) is 17.9 Å². The Bertz CT molecular complexity index is 777. The molecular formula is C17H15Cl2FN2O2. The Morgan fingerprint density at radius 1 is 1.00 bits per heavy atom. The molecule has 2 aromatic rings. The first-order valence-electron chi connectivity index (χ1n) is 7.14. The summed E-state index contributed by atoms with van der Waals surface area (Å²) < 4.78 is 13.5. The first kappa shape index (κ1) is 18.2. The molecule has 24 heavy (non-hydrogen) atoms. The zero-order chi connectivity index (χ0) is 17.9. The third-order valence-corrected chi connectivity index (χ3v) is 3.68. The van der Waals surface area contributed by atoms with E-state index < -0.39 is 11.7 Å². The second kappa shape index (κ2) is 7.64. The smallest absolute Gasteiger partial charge is 0.257 e. The predicted molar refractivity (Wildman–Crippen MR) is 93.4 cm³/mol. The molecule has 7 heteroatoms. The monoisotopic (exact) mass is 368 g/mol. The van der Waals surface area contributed by atoms with Crippen molar-refractivity contribution in [2.75, 3.05) is 5.32 Å². The van der Waals surface area contributed by atoms with Crippen molar-refractivity contribution in [3.05, 3.63) is 63.4 Å². The molecule has 0 atom stereocenters. The van der Waals surface area contributed by atoms with Gasteiger partial charge in [-0.15, -0.1) is 0 Å². The molecule has 2 aromatic carbocycles. The van der Waals surface area contributed by atoms with Crippen LogP contribution < -0.4 is 10.6 Å². The second-order valence-corrected chi connectivity index (χ2v) is 6.22. The van der Waals surface area contributed by atoms with Crippen molar-refractivity contribution in [3.8, 4) is 0 Å². The SMILES string of the molecule is CC(C)NC(=O)c1ccc(NC(=O)c2cc(F)c(Cl)cc2Cl)cc1. The Balaban J connectivity index is 2.13. The van der Waals surface area contributed by atoms with Gasteiger partial charge in [-0.25, -0.2) is 4.39 Å². The number of hydrogen-bond donors (Lipinski definition) is 2. The molecule has 2 rings (SSSR count). The van der Waals surface area contributed by atoms with Crippen LogP contribution in [0.3, 0.4) is 0 Å². The topological polar surface area (TPSA) is 58.2 Å². The van der Waals surface area contributed by atoms with Crippen LogP contribution in [-0.2, 0) is 0 Å². The molecule has 126 valence electrons. The second-order valence-electron chi connectivity index (χ2n) is 5.41. The van der Waals surface area contributed by atoms with Gasteiger partial charge in [0.1, 0.15) is 5.82 Å². The summed E-state index contributed by atoms with van der Waals surface area (Å²) in [5, 5.41) is 5.25. The average molecular weight is 369 g/mol. The van der Waals surface area contributed by atoms with Crippen molar-refractivity contribution in [1.82, 2.24) is 5.32 Å². The maximum atomic E-state index is 13.5. The van der Waals surface area contributed by atoms with Crippen LogP contribution in [0.4, 0.5) is 10.1 Å². The summed E-state index contributed by atoms with van der Waals surface area (Å²) >= 11 is 11.5. The van der Waals surface area contributed by atoms with Gasteiger partial charge in [0.15, 0.2) is 0 Å². The minimum absolute atomic E-state index is 0.0267. The van der Waals surface area contributed by atoms with Crippen LogP contribution in [0.1, 0.15) is 34.6 Å². The Morgan fingerprint density at radius 2 is 1.62 bits per heavy atom. The predicted octanol–water partition coefficient (Wildman–Crippen LogP) is 4.52. The molecule has 4 nitrogen and oxygen atoms in total. The van der Waals surface area contributed by atoms with Crippen LogP contribution in [0.2, 0.25) is 10.0 Å². The number of carbonyl (C=O) groups is 2. The quantitative estimate of drug-likeness (QED) is 0.779. The van der Waals surface area contributed by atoms with E-state index in [0.29, 0.717) is 11.3 Å². The lowest BCUT2D eigenvalue weighted by molar-refractivity contribution is 0.0942. The molecule has 2 N–H and O–H groups in total. The molecular weight excluding hydrogens is 354 g/mol. The number of amides is 2. The zero-order valence-electron chi connectivity index (χ0n) is 13.0. The van der Waals surface area contributed by atoms with Crippen molar-refractivity contribution < 1.29 is 14.0 Å². The van der Waals surface area contributed by atoms with Crippen molar-refractivity contribution in [2.45, 2.75) is 19.9 Å². The summed E-state index contributed by atoms with van der Waals surface area (Å²) in [5.41, 5.74) is 0.894. The molecule has 0 spiro atoms.